The first-order chi connectivity index (χ1) is 10.7. The normalized spacial score (nSPS) is 16.1. The Morgan fingerprint density at radius 2 is 1.50 bits per heavy atom. The fourth-order valence-corrected chi connectivity index (χ4v) is 2.03. The fraction of sp³-hybridized carbons (Fsp3) is 0.278. The molecule has 1 atom stereocenters. The van der Waals surface area contributed by atoms with Crippen molar-refractivity contribution >= 4 is 5.78 Å². The lowest BCUT2D eigenvalue weighted by atomic mass is 10.1. The molecule has 1 heterocycles. The molecule has 0 aliphatic carbocycles. The quantitative estimate of drug-likeness (QED) is 0.737. The molecule has 1 fully saturated rings. The summed E-state index contributed by atoms with van der Waals surface area (Å²) in [5.41, 5.74) is 2.19. The molecule has 4 heteroatoms. The first kappa shape index (κ1) is 14.6. The Kier molecular flexibility index (Phi) is 4.39. The highest BCUT2D eigenvalue weighted by molar-refractivity contribution is 5.77. The summed E-state index contributed by atoms with van der Waals surface area (Å²) in [6.45, 7) is 3.03. The number of epoxide rings is 1. The third kappa shape index (κ3) is 4.09. The monoisotopic (exact) mass is 298 g/mol. The summed E-state index contributed by atoms with van der Waals surface area (Å²) in [4.78, 5) is 10.9. The van der Waals surface area contributed by atoms with Crippen molar-refractivity contribution in [2.75, 3.05) is 19.8 Å². The van der Waals surface area contributed by atoms with Crippen molar-refractivity contribution in [3.8, 4) is 22.6 Å². The van der Waals surface area contributed by atoms with Gasteiger partial charge in [0.05, 0.1) is 6.61 Å². The van der Waals surface area contributed by atoms with Crippen LogP contribution in [-0.4, -0.2) is 31.7 Å². The van der Waals surface area contributed by atoms with Crippen LogP contribution in [-0.2, 0) is 9.53 Å². The Balaban J connectivity index is 1.61. The Bertz CT molecular complexity index is 627. The van der Waals surface area contributed by atoms with Crippen LogP contribution < -0.4 is 9.47 Å². The van der Waals surface area contributed by atoms with Crippen molar-refractivity contribution in [2.24, 2.45) is 0 Å². The summed E-state index contributed by atoms with van der Waals surface area (Å²) in [6.07, 6.45) is 0.266. The molecule has 0 N–H and O–H groups in total. The Morgan fingerprint density at radius 1 is 1.00 bits per heavy atom. The lowest BCUT2D eigenvalue weighted by Gasteiger charge is -2.07. The Morgan fingerprint density at radius 3 is 1.95 bits per heavy atom. The Labute approximate surface area is 129 Å². The molecule has 0 radical (unpaired) electrons. The summed E-state index contributed by atoms with van der Waals surface area (Å²) in [5.74, 6) is 1.56. The summed E-state index contributed by atoms with van der Waals surface area (Å²) >= 11 is 0. The maximum Gasteiger partial charge on any atom is 0.167 e. The molecule has 0 bridgehead atoms. The van der Waals surface area contributed by atoms with Gasteiger partial charge in [0.25, 0.3) is 0 Å². The summed E-state index contributed by atoms with van der Waals surface area (Å²) in [6, 6.07) is 15.6. The van der Waals surface area contributed by atoms with E-state index in [4.69, 9.17) is 14.2 Å². The number of Topliss-reactive ketones (excluding diaryl/α,β-unsaturated/α-hetero) is 1. The van der Waals surface area contributed by atoms with E-state index in [0.29, 0.717) is 12.4 Å². The molecule has 1 aliphatic rings. The topological polar surface area (TPSA) is 48.1 Å². The number of benzene rings is 2. The highest BCUT2D eigenvalue weighted by atomic mass is 16.6. The summed E-state index contributed by atoms with van der Waals surface area (Å²) in [5, 5.41) is 0. The second kappa shape index (κ2) is 6.62. The van der Waals surface area contributed by atoms with Gasteiger partial charge in [0.1, 0.15) is 30.8 Å². The smallest absolute Gasteiger partial charge is 0.167 e. The van der Waals surface area contributed by atoms with Crippen molar-refractivity contribution in [1.82, 2.24) is 0 Å². The van der Waals surface area contributed by atoms with Crippen LogP contribution in [0.5, 0.6) is 11.5 Å². The number of hydrogen-bond donors (Lipinski definition) is 0. The third-order valence-corrected chi connectivity index (χ3v) is 3.32. The predicted octanol–water partition coefficient (Wildman–Crippen LogP) is 3.10. The van der Waals surface area contributed by atoms with E-state index in [-0.39, 0.29) is 18.5 Å². The van der Waals surface area contributed by atoms with Crippen LogP contribution in [0.25, 0.3) is 11.1 Å². The molecule has 2 aromatic rings. The summed E-state index contributed by atoms with van der Waals surface area (Å²) in [7, 11) is 0. The van der Waals surface area contributed by atoms with E-state index < -0.39 is 0 Å². The molecule has 4 nitrogen and oxygen atoms in total. The van der Waals surface area contributed by atoms with Crippen molar-refractivity contribution in [1.29, 1.82) is 0 Å². The number of ketones is 1. The van der Waals surface area contributed by atoms with E-state index in [1.54, 1.807) is 0 Å². The minimum absolute atomic E-state index is 0.0104. The van der Waals surface area contributed by atoms with E-state index in [0.717, 1.165) is 23.5 Å². The molecule has 0 amide bonds. The standard InChI is InChI=1S/C18H18O4/c1-13(19)10-20-16-6-2-14(3-7-16)15-4-8-17(9-5-15)21-11-18-12-22-18/h2-9,18H,10-12H2,1H3. The minimum Gasteiger partial charge on any atom is -0.491 e. The minimum atomic E-state index is 0.0104. The maximum absolute atomic E-state index is 10.9. The SMILES string of the molecule is CC(=O)COc1ccc(-c2ccc(OCC3CO3)cc2)cc1. The average molecular weight is 298 g/mol. The maximum atomic E-state index is 10.9. The van der Waals surface area contributed by atoms with Crippen molar-refractivity contribution in [2.45, 2.75) is 13.0 Å². The van der Waals surface area contributed by atoms with Crippen molar-refractivity contribution in [3.63, 3.8) is 0 Å². The van der Waals surface area contributed by atoms with Gasteiger partial charge in [-0.25, -0.2) is 0 Å². The van der Waals surface area contributed by atoms with Crippen LogP contribution in [0.15, 0.2) is 48.5 Å². The predicted molar refractivity (Wildman–Crippen MR) is 83.3 cm³/mol. The Hall–Kier alpha value is -2.33. The van der Waals surface area contributed by atoms with Gasteiger partial charge in [-0.2, -0.15) is 0 Å². The van der Waals surface area contributed by atoms with Crippen molar-refractivity contribution in [3.05, 3.63) is 48.5 Å². The van der Waals surface area contributed by atoms with Gasteiger partial charge in [0.2, 0.25) is 0 Å². The molecule has 2 aromatic carbocycles. The molecule has 0 aromatic heterocycles. The number of ether oxygens (including phenoxy) is 3. The molecule has 1 unspecified atom stereocenters. The van der Waals surface area contributed by atoms with Crippen LogP contribution in [0.4, 0.5) is 0 Å². The van der Waals surface area contributed by atoms with E-state index >= 15 is 0 Å². The molecule has 114 valence electrons. The van der Waals surface area contributed by atoms with Gasteiger partial charge in [-0.1, -0.05) is 24.3 Å². The second-order valence-corrected chi connectivity index (χ2v) is 5.31. The molecule has 1 aliphatic heterocycles. The first-order valence-electron chi connectivity index (χ1n) is 7.28. The number of carbonyl (C=O) groups is 1. The molecular formula is C18H18O4. The lowest BCUT2D eigenvalue weighted by molar-refractivity contribution is -0.118. The number of carbonyl (C=O) groups excluding carboxylic acids is 1. The van der Waals surface area contributed by atoms with E-state index in [1.807, 2.05) is 48.5 Å². The second-order valence-electron chi connectivity index (χ2n) is 5.31. The van der Waals surface area contributed by atoms with E-state index in [9.17, 15) is 4.79 Å². The molecule has 0 saturated carbocycles. The van der Waals surface area contributed by atoms with Gasteiger partial charge in [0, 0.05) is 0 Å². The summed E-state index contributed by atoms with van der Waals surface area (Å²) < 4.78 is 16.1. The zero-order chi connectivity index (χ0) is 15.4. The van der Waals surface area contributed by atoms with Crippen molar-refractivity contribution < 1.29 is 19.0 Å². The van der Waals surface area contributed by atoms with Crippen LogP contribution in [0.2, 0.25) is 0 Å². The highest BCUT2D eigenvalue weighted by Gasteiger charge is 2.22. The number of rotatable bonds is 7. The van der Waals surface area contributed by atoms with Crippen LogP contribution >= 0.6 is 0 Å². The van der Waals surface area contributed by atoms with Crippen LogP contribution in [0.3, 0.4) is 0 Å². The molecule has 3 rings (SSSR count). The van der Waals surface area contributed by atoms with E-state index in [2.05, 4.69) is 0 Å². The van der Waals surface area contributed by atoms with Gasteiger partial charge < -0.3 is 14.2 Å². The van der Waals surface area contributed by atoms with Crippen LogP contribution in [0, 0.1) is 0 Å². The molecule has 0 spiro atoms. The van der Waals surface area contributed by atoms with Gasteiger partial charge in [-0.3, -0.25) is 4.79 Å². The van der Waals surface area contributed by atoms with Gasteiger partial charge >= 0.3 is 0 Å². The third-order valence-electron chi connectivity index (χ3n) is 3.32. The molecule has 22 heavy (non-hydrogen) atoms. The van der Waals surface area contributed by atoms with Crippen LogP contribution in [0.1, 0.15) is 6.92 Å². The van der Waals surface area contributed by atoms with Gasteiger partial charge in [-0.15, -0.1) is 0 Å². The zero-order valence-electron chi connectivity index (χ0n) is 12.5. The lowest BCUT2D eigenvalue weighted by Crippen LogP contribution is -2.06. The van der Waals surface area contributed by atoms with Gasteiger partial charge in [-0.05, 0) is 42.3 Å². The largest absolute Gasteiger partial charge is 0.491 e. The fourth-order valence-electron chi connectivity index (χ4n) is 2.03. The molecule has 1 saturated heterocycles. The number of hydrogen-bond acceptors (Lipinski definition) is 4. The first-order valence-corrected chi connectivity index (χ1v) is 7.28. The van der Waals surface area contributed by atoms with Gasteiger partial charge in [0.15, 0.2) is 5.78 Å². The highest BCUT2D eigenvalue weighted by Crippen LogP contribution is 2.25. The zero-order valence-corrected chi connectivity index (χ0v) is 12.5. The van der Waals surface area contributed by atoms with E-state index in [1.165, 1.54) is 6.92 Å². The average Bonchev–Trinajstić information content (AvgIpc) is 3.36. The molecular weight excluding hydrogens is 280 g/mol.